The SMILES string of the molecule is CCCC(CCC)n1cccc1. The Morgan fingerprint density at radius 1 is 1.00 bits per heavy atom. The standard InChI is InChI=1S/C11H19N/c1-3-7-11(8-4-2)12-9-5-6-10-12/h5-6,9-11H,3-4,7-8H2,1-2H3. The second kappa shape index (κ2) is 5.02. The topological polar surface area (TPSA) is 4.93 Å². The lowest BCUT2D eigenvalue weighted by molar-refractivity contribution is 0.428. The molecule has 0 unspecified atom stereocenters. The lowest BCUT2D eigenvalue weighted by Gasteiger charge is -2.17. The molecule has 1 aromatic rings. The van der Waals surface area contributed by atoms with Crippen LogP contribution in [0.5, 0.6) is 0 Å². The van der Waals surface area contributed by atoms with Crippen molar-refractivity contribution in [2.24, 2.45) is 0 Å². The van der Waals surface area contributed by atoms with Crippen LogP contribution >= 0.6 is 0 Å². The zero-order valence-corrected chi connectivity index (χ0v) is 8.16. The minimum Gasteiger partial charge on any atom is -0.351 e. The van der Waals surface area contributed by atoms with Crippen LogP contribution in [0.4, 0.5) is 0 Å². The predicted molar refractivity (Wildman–Crippen MR) is 53.3 cm³/mol. The molecule has 0 bridgehead atoms. The Morgan fingerprint density at radius 2 is 1.50 bits per heavy atom. The molecule has 0 aromatic carbocycles. The molecule has 1 heterocycles. The summed E-state index contributed by atoms with van der Waals surface area (Å²) < 4.78 is 2.34. The lowest BCUT2D eigenvalue weighted by atomic mass is 10.1. The molecule has 0 aliphatic heterocycles. The summed E-state index contributed by atoms with van der Waals surface area (Å²) in [4.78, 5) is 0. The van der Waals surface area contributed by atoms with Gasteiger partial charge in [-0.05, 0) is 25.0 Å². The number of aromatic nitrogens is 1. The van der Waals surface area contributed by atoms with Crippen LogP contribution in [0.25, 0.3) is 0 Å². The summed E-state index contributed by atoms with van der Waals surface area (Å²) in [6.07, 6.45) is 9.53. The zero-order chi connectivity index (χ0) is 8.81. The van der Waals surface area contributed by atoms with Crippen LogP contribution in [0.1, 0.15) is 45.6 Å². The molecule has 1 aromatic heterocycles. The minimum absolute atomic E-state index is 0.731. The van der Waals surface area contributed by atoms with Crippen molar-refractivity contribution in [2.75, 3.05) is 0 Å². The predicted octanol–water partition coefficient (Wildman–Crippen LogP) is 3.63. The number of hydrogen-bond donors (Lipinski definition) is 0. The number of nitrogens with zero attached hydrogens (tertiary/aromatic N) is 1. The highest BCUT2D eigenvalue weighted by Crippen LogP contribution is 2.19. The smallest absolute Gasteiger partial charge is 0.0330 e. The van der Waals surface area contributed by atoms with Crippen molar-refractivity contribution in [3.63, 3.8) is 0 Å². The van der Waals surface area contributed by atoms with E-state index in [1.807, 2.05) is 0 Å². The van der Waals surface area contributed by atoms with E-state index in [0.717, 1.165) is 6.04 Å². The molecule has 12 heavy (non-hydrogen) atoms. The minimum atomic E-state index is 0.731. The Labute approximate surface area is 75.4 Å². The molecule has 0 spiro atoms. The van der Waals surface area contributed by atoms with E-state index >= 15 is 0 Å². The summed E-state index contributed by atoms with van der Waals surface area (Å²) in [6, 6.07) is 4.95. The summed E-state index contributed by atoms with van der Waals surface area (Å²) in [5.41, 5.74) is 0. The Bertz CT molecular complexity index is 183. The molecule has 0 saturated heterocycles. The largest absolute Gasteiger partial charge is 0.351 e. The third-order valence-corrected chi connectivity index (χ3v) is 2.29. The van der Waals surface area contributed by atoms with E-state index in [2.05, 4.69) is 42.9 Å². The van der Waals surface area contributed by atoms with Crippen molar-refractivity contribution in [3.05, 3.63) is 24.5 Å². The van der Waals surface area contributed by atoms with Gasteiger partial charge in [0.2, 0.25) is 0 Å². The number of rotatable bonds is 5. The molecule has 68 valence electrons. The van der Waals surface area contributed by atoms with Gasteiger partial charge in [-0.2, -0.15) is 0 Å². The molecular weight excluding hydrogens is 146 g/mol. The van der Waals surface area contributed by atoms with Crippen molar-refractivity contribution in [3.8, 4) is 0 Å². The quantitative estimate of drug-likeness (QED) is 0.628. The monoisotopic (exact) mass is 165 g/mol. The molecule has 1 nitrogen and oxygen atoms in total. The fourth-order valence-electron chi connectivity index (χ4n) is 1.70. The summed E-state index contributed by atoms with van der Waals surface area (Å²) in [5.74, 6) is 0. The van der Waals surface area contributed by atoms with Crippen LogP contribution in [0.3, 0.4) is 0 Å². The summed E-state index contributed by atoms with van der Waals surface area (Å²) >= 11 is 0. The normalized spacial score (nSPS) is 10.9. The van der Waals surface area contributed by atoms with Gasteiger partial charge in [0.05, 0.1) is 0 Å². The molecule has 0 radical (unpaired) electrons. The first kappa shape index (κ1) is 9.37. The Kier molecular flexibility index (Phi) is 3.92. The maximum Gasteiger partial charge on any atom is 0.0330 e. The average Bonchev–Trinajstić information content (AvgIpc) is 2.56. The first-order chi connectivity index (χ1) is 5.88. The zero-order valence-electron chi connectivity index (χ0n) is 8.16. The van der Waals surface area contributed by atoms with Gasteiger partial charge in [-0.15, -0.1) is 0 Å². The fourth-order valence-corrected chi connectivity index (χ4v) is 1.70. The van der Waals surface area contributed by atoms with Gasteiger partial charge in [0, 0.05) is 18.4 Å². The molecule has 0 saturated carbocycles. The highest BCUT2D eigenvalue weighted by molar-refractivity contribution is 4.92. The van der Waals surface area contributed by atoms with Gasteiger partial charge in [0.25, 0.3) is 0 Å². The molecule has 0 amide bonds. The van der Waals surface area contributed by atoms with Crippen molar-refractivity contribution in [2.45, 2.75) is 45.6 Å². The molecule has 1 heteroatoms. The Hall–Kier alpha value is -0.720. The summed E-state index contributed by atoms with van der Waals surface area (Å²) in [5, 5.41) is 0. The molecular formula is C11H19N. The van der Waals surface area contributed by atoms with Crippen LogP contribution in [0.15, 0.2) is 24.5 Å². The second-order valence-corrected chi connectivity index (χ2v) is 3.36. The van der Waals surface area contributed by atoms with Gasteiger partial charge in [-0.1, -0.05) is 26.7 Å². The van der Waals surface area contributed by atoms with Crippen molar-refractivity contribution >= 4 is 0 Å². The van der Waals surface area contributed by atoms with Crippen molar-refractivity contribution < 1.29 is 0 Å². The van der Waals surface area contributed by atoms with E-state index in [4.69, 9.17) is 0 Å². The highest BCUT2D eigenvalue weighted by atomic mass is 15.0. The van der Waals surface area contributed by atoms with Crippen molar-refractivity contribution in [1.29, 1.82) is 0 Å². The lowest BCUT2D eigenvalue weighted by Crippen LogP contribution is -2.05. The third-order valence-electron chi connectivity index (χ3n) is 2.29. The maximum atomic E-state index is 2.34. The first-order valence-corrected chi connectivity index (χ1v) is 5.01. The maximum absolute atomic E-state index is 2.34. The molecule has 0 aliphatic rings. The van der Waals surface area contributed by atoms with Gasteiger partial charge >= 0.3 is 0 Å². The van der Waals surface area contributed by atoms with E-state index in [1.54, 1.807) is 0 Å². The van der Waals surface area contributed by atoms with Gasteiger partial charge in [0.1, 0.15) is 0 Å². The van der Waals surface area contributed by atoms with Crippen LogP contribution < -0.4 is 0 Å². The molecule has 0 fully saturated rings. The van der Waals surface area contributed by atoms with Crippen LogP contribution in [0, 0.1) is 0 Å². The van der Waals surface area contributed by atoms with E-state index < -0.39 is 0 Å². The second-order valence-electron chi connectivity index (χ2n) is 3.36. The molecule has 0 aliphatic carbocycles. The Balaban J connectivity index is 2.53. The van der Waals surface area contributed by atoms with E-state index in [0.29, 0.717) is 0 Å². The van der Waals surface area contributed by atoms with Crippen LogP contribution in [0.2, 0.25) is 0 Å². The van der Waals surface area contributed by atoms with Crippen LogP contribution in [-0.4, -0.2) is 4.57 Å². The van der Waals surface area contributed by atoms with E-state index in [9.17, 15) is 0 Å². The van der Waals surface area contributed by atoms with Crippen molar-refractivity contribution in [1.82, 2.24) is 4.57 Å². The molecule has 1 rings (SSSR count). The molecule has 0 atom stereocenters. The highest BCUT2D eigenvalue weighted by Gasteiger charge is 2.06. The van der Waals surface area contributed by atoms with Crippen LogP contribution in [-0.2, 0) is 0 Å². The van der Waals surface area contributed by atoms with E-state index in [1.165, 1.54) is 25.7 Å². The first-order valence-electron chi connectivity index (χ1n) is 5.01. The summed E-state index contributed by atoms with van der Waals surface area (Å²) in [7, 11) is 0. The fraction of sp³-hybridized carbons (Fsp3) is 0.636. The molecule has 0 N–H and O–H groups in total. The van der Waals surface area contributed by atoms with Gasteiger partial charge in [0.15, 0.2) is 0 Å². The van der Waals surface area contributed by atoms with Gasteiger partial charge in [-0.3, -0.25) is 0 Å². The summed E-state index contributed by atoms with van der Waals surface area (Å²) in [6.45, 7) is 4.51. The van der Waals surface area contributed by atoms with E-state index in [-0.39, 0.29) is 0 Å². The van der Waals surface area contributed by atoms with Gasteiger partial charge < -0.3 is 4.57 Å². The van der Waals surface area contributed by atoms with Gasteiger partial charge in [-0.25, -0.2) is 0 Å². The average molecular weight is 165 g/mol. The Morgan fingerprint density at radius 3 is 1.92 bits per heavy atom. The third kappa shape index (κ3) is 2.40. The number of hydrogen-bond acceptors (Lipinski definition) is 0.